The molecule has 16 heavy (non-hydrogen) atoms. The van der Waals surface area contributed by atoms with Crippen molar-refractivity contribution < 1.29 is 12.6 Å². The average molecular weight is 319 g/mol. The highest BCUT2D eigenvalue weighted by molar-refractivity contribution is 9.11. The summed E-state index contributed by atoms with van der Waals surface area (Å²) >= 11 is 4.33. The summed E-state index contributed by atoms with van der Waals surface area (Å²) in [5.41, 5.74) is 0. The van der Waals surface area contributed by atoms with Crippen molar-refractivity contribution in [2.75, 3.05) is 0 Å². The molecular weight excluding hydrogens is 312 g/mol. The van der Waals surface area contributed by atoms with Crippen LogP contribution in [0.25, 0.3) is 0 Å². The number of rotatable bonds is 3. The third-order valence-electron chi connectivity index (χ3n) is 1.74. The minimum absolute atomic E-state index is 0.184. The van der Waals surface area contributed by atoms with Crippen LogP contribution in [0.3, 0.4) is 0 Å². The Labute approximate surface area is 106 Å². The van der Waals surface area contributed by atoms with Gasteiger partial charge < -0.3 is 4.18 Å². The summed E-state index contributed by atoms with van der Waals surface area (Å²) < 4.78 is 29.5. The molecule has 0 aliphatic carbocycles. The molecule has 2 aromatic rings. The number of thiophene rings is 1. The van der Waals surface area contributed by atoms with Gasteiger partial charge in [-0.1, -0.05) is 18.2 Å². The van der Waals surface area contributed by atoms with Crippen LogP contribution in [0.2, 0.25) is 0 Å². The summed E-state index contributed by atoms with van der Waals surface area (Å²) in [6, 6.07) is 11.6. The number of hydrogen-bond acceptors (Lipinski definition) is 4. The molecule has 1 aromatic carbocycles. The lowest BCUT2D eigenvalue weighted by molar-refractivity contribution is 0.488. The quantitative estimate of drug-likeness (QED) is 0.816. The highest BCUT2D eigenvalue weighted by atomic mass is 79.9. The topological polar surface area (TPSA) is 43.4 Å². The van der Waals surface area contributed by atoms with Gasteiger partial charge in [0.25, 0.3) is 0 Å². The van der Waals surface area contributed by atoms with Crippen LogP contribution in [-0.2, 0) is 10.1 Å². The number of hydrogen-bond donors (Lipinski definition) is 0. The monoisotopic (exact) mass is 318 g/mol. The Morgan fingerprint density at radius 3 is 2.31 bits per heavy atom. The van der Waals surface area contributed by atoms with Gasteiger partial charge in [0.2, 0.25) is 0 Å². The van der Waals surface area contributed by atoms with Crippen molar-refractivity contribution in [2.45, 2.75) is 4.21 Å². The maximum Gasteiger partial charge on any atom is 0.348 e. The van der Waals surface area contributed by atoms with E-state index in [0.717, 1.165) is 15.1 Å². The van der Waals surface area contributed by atoms with Crippen molar-refractivity contribution in [1.82, 2.24) is 0 Å². The molecule has 0 radical (unpaired) electrons. The fourth-order valence-corrected chi connectivity index (χ4v) is 3.98. The molecule has 0 spiro atoms. The van der Waals surface area contributed by atoms with E-state index in [4.69, 9.17) is 4.18 Å². The largest absolute Gasteiger partial charge is 0.378 e. The van der Waals surface area contributed by atoms with Gasteiger partial charge in [-0.15, -0.1) is 11.3 Å². The van der Waals surface area contributed by atoms with E-state index in [9.17, 15) is 8.42 Å². The first kappa shape index (κ1) is 11.6. The van der Waals surface area contributed by atoms with Crippen molar-refractivity contribution in [2.24, 2.45) is 0 Å². The molecule has 0 saturated carbocycles. The first-order valence-corrected chi connectivity index (χ1v) is 7.34. The molecule has 2 rings (SSSR count). The lowest BCUT2D eigenvalue weighted by Gasteiger charge is -2.03. The van der Waals surface area contributed by atoms with Gasteiger partial charge in [0, 0.05) is 0 Å². The molecule has 3 nitrogen and oxygen atoms in total. The summed E-state index contributed by atoms with van der Waals surface area (Å²) in [6.07, 6.45) is 0. The van der Waals surface area contributed by atoms with Crippen LogP contribution in [0.1, 0.15) is 0 Å². The molecule has 0 aliphatic rings. The first-order valence-electron chi connectivity index (χ1n) is 4.33. The molecule has 1 heterocycles. The second-order valence-corrected chi connectivity index (χ2v) is 7.15. The maximum absolute atomic E-state index is 11.8. The molecule has 0 amide bonds. The molecular formula is C10H7BrO3S2. The number of benzene rings is 1. The third-order valence-corrected chi connectivity index (χ3v) is 5.07. The zero-order valence-electron chi connectivity index (χ0n) is 7.96. The number of halogens is 1. The lowest BCUT2D eigenvalue weighted by atomic mass is 10.3. The summed E-state index contributed by atoms with van der Waals surface area (Å²) in [6.45, 7) is 0. The van der Waals surface area contributed by atoms with Gasteiger partial charge in [0.1, 0.15) is 5.75 Å². The van der Waals surface area contributed by atoms with E-state index in [0.29, 0.717) is 5.75 Å². The Hall–Kier alpha value is -0.850. The van der Waals surface area contributed by atoms with E-state index < -0.39 is 10.1 Å². The van der Waals surface area contributed by atoms with Crippen LogP contribution in [0.5, 0.6) is 5.75 Å². The van der Waals surface area contributed by atoms with Crippen molar-refractivity contribution in [3.05, 3.63) is 46.3 Å². The van der Waals surface area contributed by atoms with Crippen LogP contribution < -0.4 is 4.18 Å². The molecule has 6 heteroatoms. The average Bonchev–Trinajstić information content (AvgIpc) is 2.66. The zero-order valence-corrected chi connectivity index (χ0v) is 11.2. The zero-order chi connectivity index (χ0) is 11.6. The Morgan fingerprint density at radius 2 is 1.75 bits per heavy atom. The predicted molar refractivity (Wildman–Crippen MR) is 66.3 cm³/mol. The SMILES string of the molecule is O=S(=O)(Oc1ccccc1)c1ccc(Br)s1. The highest BCUT2D eigenvalue weighted by Crippen LogP contribution is 2.28. The van der Waals surface area contributed by atoms with Gasteiger partial charge in [-0.05, 0) is 40.2 Å². The van der Waals surface area contributed by atoms with Gasteiger partial charge in [0.05, 0.1) is 3.79 Å². The predicted octanol–water partition coefficient (Wildman–Crippen LogP) is 3.28. The maximum atomic E-state index is 11.8. The Kier molecular flexibility index (Phi) is 3.32. The third kappa shape index (κ3) is 2.63. The summed E-state index contributed by atoms with van der Waals surface area (Å²) in [5, 5.41) is 0. The smallest absolute Gasteiger partial charge is 0.348 e. The van der Waals surface area contributed by atoms with Crippen LogP contribution >= 0.6 is 27.3 Å². The molecule has 1 aromatic heterocycles. The van der Waals surface area contributed by atoms with E-state index in [2.05, 4.69) is 15.9 Å². The fraction of sp³-hybridized carbons (Fsp3) is 0. The highest BCUT2D eigenvalue weighted by Gasteiger charge is 2.18. The van der Waals surface area contributed by atoms with Crippen LogP contribution in [-0.4, -0.2) is 8.42 Å². The summed E-state index contributed by atoms with van der Waals surface area (Å²) in [7, 11) is -3.70. The van der Waals surface area contributed by atoms with Crippen molar-refractivity contribution in [3.63, 3.8) is 0 Å². The molecule has 0 fully saturated rings. The van der Waals surface area contributed by atoms with E-state index in [1.54, 1.807) is 36.4 Å². The van der Waals surface area contributed by atoms with Gasteiger partial charge in [-0.25, -0.2) is 0 Å². The molecule has 0 aliphatic heterocycles. The van der Waals surface area contributed by atoms with Gasteiger partial charge in [-0.3, -0.25) is 0 Å². The van der Waals surface area contributed by atoms with Crippen LogP contribution in [0.15, 0.2) is 50.5 Å². The van der Waals surface area contributed by atoms with E-state index >= 15 is 0 Å². The molecule has 0 bridgehead atoms. The van der Waals surface area contributed by atoms with E-state index in [1.165, 1.54) is 6.07 Å². The fourth-order valence-electron chi connectivity index (χ4n) is 1.08. The minimum Gasteiger partial charge on any atom is -0.378 e. The van der Waals surface area contributed by atoms with Crippen LogP contribution in [0, 0.1) is 0 Å². The Bertz CT molecular complexity index is 575. The van der Waals surface area contributed by atoms with Crippen molar-refractivity contribution in [3.8, 4) is 5.75 Å². The lowest BCUT2D eigenvalue weighted by Crippen LogP contribution is -2.07. The minimum atomic E-state index is -3.70. The summed E-state index contributed by atoms with van der Waals surface area (Å²) in [5.74, 6) is 0.312. The van der Waals surface area contributed by atoms with Crippen molar-refractivity contribution in [1.29, 1.82) is 0 Å². The van der Waals surface area contributed by atoms with Crippen molar-refractivity contribution >= 4 is 37.4 Å². The summed E-state index contributed by atoms with van der Waals surface area (Å²) in [4.78, 5) is 0. The molecule has 84 valence electrons. The molecule has 0 saturated heterocycles. The Morgan fingerprint density at radius 1 is 1.06 bits per heavy atom. The molecule has 0 atom stereocenters. The normalized spacial score (nSPS) is 11.3. The van der Waals surface area contributed by atoms with E-state index in [-0.39, 0.29) is 4.21 Å². The number of para-hydroxylation sites is 1. The second-order valence-electron chi connectivity index (χ2n) is 2.91. The van der Waals surface area contributed by atoms with Gasteiger partial charge in [-0.2, -0.15) is 8.42 Å². The Balaban J connectivity index is 2.28. The van der Waals surface area contributed by atoms with Gasteiger partial charge in [0.15, 0.2) is 4.21 Å². The second kappa shape index (κ2) is 4.57. The molecule has 0 unspecified atom stereocenters. The van der Waals surface area contributed by atoms with Crippen LogP contribution in [0.4, 0.5) is 0 Å². The first-order chi connectivity index (χ1) is 7.58. The standard InChI is InChI=1S/C10H7BrO3S2/c11-9-6-7-10(15-9)16(12,13)14-8-4-2-1-3-5-8/h1-7H. The van der Waals surface area contributed by atoms with Gasteiger partial charge >= 0.3 is 10.1 Å². The van der Waals surface area contributed by atoms with E-state index in [1.807, 2.05) is 0 Å². The molecule has 0 N–H and O–H groups in total.